The fraction of sp³-hybridized carbons (Fsp3) is 0.333. The van der Waals surface area contributed by atoms with E-state index in [1.807, 2.05) is 12.1 Å². The van der Waals surface area contributed by atoms with E-state index in [4.69, 9.17) is 5.73 Å². The summed E-state index contributed by atoms with van der Waals surface area (Å²) in [7, 11) is 0. The highest BCUT2D eigenvalue weighted by Crippen LogP contribution is 2.32. The Morgan fingerprint density at radius 1 is 1.38 bits per heavy atom. The molecule has 1 aliphatic carbocycles. The van der Waals surface area contributed by atoms with Crippen molar-refractivity contribution < 1.29 is 4.79 Å². The van der Waals surface area contributed by atoms with Gasteiger partial charge in [0.2, 0.25) is 0 Å². The van der Waals surface area contributed by atoms with E-state index in [1.54, 1.807) is 18.2 Å². The summed E-state index contributed by atoms with van der Waals surface area (Å²) < 4.78 is 0. The molecule has 21 heavy (non-hydrogen) atoms. The first-order valence-corrected chi connectivity index (χ1v) is 6.82. The van der Waals surface area contributed by atoms with Crippen LogP contribution in [0.15, 0.2) is 35.1 Å². The number of rotatable bonds is 4. The number of H-pyrrole nitrogens is 1. The van der Waals surface area contributed by atoms with Gasteiger partial charge in [-0.25, -0.2) is 0 Å². The third-order valence-corrected chi connectivity index (χ3v) is 3.76. The summed E-state index contributed by atoms with van der Waals surface area (Å²) in [5, 5.41) is 4.25. The zero-order chi connectivity index (χ0) is 14.1. The number of carbonyl (C=O) groups is 1. The van der Waals surface area contributed by atoms with Crippen LogP contribution in [0, 0.1) is 5.92 Å². The summed E-state index contributed by atoms with van der Waals surface area (Å²) in [6.07, 6.45) is 2.22. The highest BCUT2D eigenvalue weighted by Gasteiger charge is 2.31. The molecule has 1 atom stereocenters. The Balaban J connectivity index is 0.00000161. The summed E-state index contributed by atoms with van der Waals surface area (Å²) in [6.45, 7) is 0.425. The first kappa shape index (κ1) is 15.5. The second kappa shape index (κ2) is 6.28. The minimum atomic E-state index is -0.268. The number of aromatic amines is 1. The lowest BCUT2D eigenvalue weighted by atomic mass is 10.1. The minimum Gasteiger partial charge on any atom is -0.346 e. The smallest absolute Gasteiger partial charge is 0.268 e. The number of hydrogen-bond donors (Lipinski definition) is 3. The predicted octanol–water partition coefficient (Wildman–Crippen LogP) is 1.42. The second-order valence-corrected chi connectivity index (χ2v) is 5.25. The van der Waals surface area contributed by atoms with Crippen LogP contribution in [-0.4, -0.2) is 23.5 Å². The number of benzene rings is 1. The van der Waals surface area contributed by atoms with Crippen LogP contribution in [0.4, 0.5) is 0 Å². The van der Waals surface area contributed by atoms with Crippen LogP contribution in [-0.2, 0) is 0 Å². The molecule has 1 amide bonds. The van der Waals surface area contributed by atoms with Crippen molar-refractivity contribution in [3.8, 4) is 0 Å². The summed E-state index contributed by atoms with van der Waals surface area (Å²) in [6, 6.07) is 8.90. The third kappa shape index (κ3) is 3.25. The van der Waals surface area contributed by atoms with E-state index < -0.39 is 0 Å². The molecule has 1 aromatic carbocycles. The molecule has 6 heteroatoms. The van der Waals surface area contributed by atoms with E-state index in [0.717, 1.165) is 18.2 Å². The average Bonchev–Trinajstić information content (AvgIpc) is 3.29. The van der Waals surface area contributed by atoms with Gasteiger partial charge in [-0.05, 0) is 36.3 Å². The molecule has 0 saturated heterocycles. The number of nitrogens with two attached hydrogens (primary N) is 1. The molecule has 0 spiro atoms. The molecule has 2 aromatic rings. The van der Waals surface area contributed by atoms with Gasteiger partial charge in [-0.1, -0.05) is 18.2 Å². The number of carbonyl (C=O) groups excluding carboxylic acids is 1. The molecule has 1 heterocycles. The van der Waals surface area contributed by atoms with Gasteiger partial charge in [-0.3, -0.25) is 9.59 Å². The normalized spacial score (nSPS) is 15.3. The van der Waals surface area contributed by atoms with Crippen molar-refractivity contribution in [1.82, 2.24) is 10.3 Å². The molecule has 112 valence electrons. The van der Waals surface area contributed by atoms with E-state index in [2.05, 4.69) is 10.3 Å². The lowest BCUT2D eigenvalue weighted by Gasteiger charge is -2.15. The molecule has 1 saturated carbocycles. The first-order valence-electron chi connectivity index (χ1n) is 6.82. The van der Waals surface area contributed by atoms with Crippen molar-refractivity contribution in [3.63, 3.8) is 0 Å². The van der Waals surface area contributed by atoms with Crippen LogP contribution in [0.1, 0.15) is 23.3 Å². The van der Waals surface area contributed by atoms with Crippen LogP contribution in [0.2, 0.25) is 0 Å². The van der Waals surface area contributed by atoms with Gasteiger partial charge in [0.05, 0.1) is 0 Å². The Kier molecular flexibility index (Phi) is 4.65. The lowest BCUT2D eigenvalue weighted by Crippen LogP contribution is -2.42. The zero-order valence-electron chi connectivity index (χ0n) is 11.5. The van der Waals surface area contributed by atoms with Crippen molar-refractivity contribution in [3.05, 3.63) is 46.4 Å². The van der Waals surface area contributed by atoms with Crippen LogP contribution >= 0.6 is 12.4 Å². The quantitative estimate of drug-likeness (QED) is 0.798. The van der Waals surface area contributed by atoms with Gasteiger partial charge in [0.15, 0.2) is 0 Å². The molecule has 0 aliphatic heterocycles. The second-order valence-electron chi connectivity index (χ2n) is 5.25. The maximum Gasteiger partial charge on any atom is 0.268 e. The highest BCUT2D eigenvalue weighted by atomic mass is 35.5. The average molecular weight is 308 g/mol. The molecule has 5 nitrogen and oxygen atoms in total. The van der Waals surface area contributed by atoms with Gasteiger partial charge < -0.3 is 16.0 Å². The number of amides is 1. The topological polar surface area (TPSA) is 88.0 Å². The van der Waals surface area contributed by atoms with Crippen molar-refractivity contribution in [2.75, 3.05) is 6.54 Å². The monoisotopic (exact) mass is 307 g/mol. The molecule has 0 radical (unpaired) electrons. The van der Waals surface area contributed by atoms with Gasteiger partial charge in [-0.15, -0.1) is 12.4 Å². The van der Waals surface area contributed by atoms with Gasteiger partial charge in [0, 0.05) is 18.0 Å². The van der Waals surface area contributed by atoms with Crippen LogP contribution < -0.4 is 16.6 Å². The van der Waals surface area contributed by atoms with E-state index in [-0.39, 0.29) is 35.6 Å². The molecule has 1 fully saturated rings. The Hall–Kier alpha value is -1.85. The van der Waals surface area contributed by atoms with E-state index in [1.165, 1.54) is 0 Å². The molecule has 3 rings (SSSR count). The van der Waals surface area contributed by atoms with Crippen LogP contribution in [0.3, 0.4) is 0 Å². The first-order chi connectivity index (χ1) is 9.69. The summed E-state index contributed by atoms with van der Waals surface area (Å²) in [5.74, 6) is 0.214. The fourth-order valence-corrected chi connectivity index (χ4v) is 2.45. The van der Waals surface area contributed by atoms with Crippen molar-refractivity contribution in [2.24, 2.45) is 11.7 Å². The Morgan fingerprint density at radius 2 is 2.10 bits per heavy atom. The number of hydrogen-bond acceptors (Lipinski definition) is 3. The van der Waals surface area contributed by atoms with Gasteiger partial charge >= 0.3 is 0 Å². The molecule has 0 bridgehead atoms. The molecule has 1 aliphatic rings. The van der Waals surface area contributed by atoms with E-state index in [9.17, 15) is 9.59 Å². The number of nitrogens with one attached hydrogen (secondary N) is 2. The predicted molar refractivity (Wildman–Crippen MR) is 84.8 cm³/mol. The Morgan fingerprint density at radius 3 is 2.76 bits per heavy atom. The van der Waals surface area contributed by atoms with Crippen LogP contribution in [0.25, 0.3) is 10.8 Å². The van der Waals surface area contributed by atoms with Crippen molar-refractivity contribution in [2.45, 2.75) is 18.9 Å². The van der Waals surface area contributed by atoms with E-state index >= 15 is 0 Å². The van der Waals surface area contributed by atoms with Gasteiger partial charge in [0.1, 0.15) is 5.69 Å². The van der Waals surface area contributed by atoms with Crippen LogP contribution in [0.5, 0.6) is 0 Å². The molecule has 4 N–H and O–H groups in total. The largest absolute Gasteiger partial charge is 0.346 e. The van der Waals surface area contributed by atoms with Crippen molar-refractivity contribution >= 4 is 29.1 Å². The molecular weight excluding hydrogens is 290 g/mol. The number of halogens is 1. The van der Waals surface area contributed by atoms with E-state index in [0.29, 0.717) is 17.8 Å². The number of pyridine rings is 1. The van der Waals surface area contributed by atoms with Gasteiger partial charge in [-0.2, -0.15) is 0 Å². The maximum absolute atomic E-state index is 12.2. The zero-order valence-corrected chi connectivity index (χ0v) is 12.3. The summed E-state index contributed by atoms with van der Waals surface area (Å²) in [5.41, 5.74) is 5.71. The fourth-order valence-electron chi connectivity index (χ4n) is 2.45. The maximum atomic E-state index is 12.2. The standard InChI is InChI=1S/C15H17N3O2.ClH/c16-8-13(9-5-6-9)18-15(20)12-7-10-3-1-2-4-11(10)14(19)17-12;/h1-4,7,9,13H,5-6,8,16H2,(H,17,19)(H,18,20);1H. The lowest BCUT2D eigenvalue weighted by molar-refractivity contribution is 0.0928. The Bertz CT molecular complexity index is 709. The molecular formula is C15H18ClN3O2. The van der Waals surface area contributed by atoms with Crippen molar-refractivity contribution in [1.29, 1.82) is 0 Å². The highest BCUT2D eigenvalue weighted by molar-refractivity contribution is 5.96. The molecule has 1 unspecified atom stereocenters. The Labute approximate surface area is 128 Å². The van der Waals surface area contributed by atoms with Gasteiger partial charge in [0.25, 0.3) is 11.5 Å². The number of fused-ring (bicyclic) bond motifs is 1. The SMILES string of the molecule is Cl.NCC(NC(=O)c1cc2ccccc2c(=O)[nH]1)C1CC1. The number of aromatic nitrogens is 1. The summed E-state index contributed by atoms with van der Waals surface area (Å²) in [4.78, 5) is 26.8. The minimum absolute atomic E-state index is 0. The third-order valence-electron chi connectivity index (χ3n) is 3.76. The summed E-state index contributed by atoms with van der Waals surface area (Å²) >= 11 is 0. The molecule has 1 aromatic heterocycles.